The molecule has 25 heavy (non-hydrogen) atoms. The molecule has 1 aliphatic heterocycles. The van der Waals surface area contributed by atoms with E-state index in [0.29, 0.717) is 17.7 Å². The lowest BCUT2D eigenvalue weighted by Gasteiger charge is -2.33. The quantitative estimate of drug-likeness (QED) is 0.486. The number of alkyl halides is 1. The SMILES string of the molecule is CC(Br)CCC(N)c1cccc2c(O)n(C3CCC(O)NC3O)cc12. The maximum atomic E-state index is 10.7. The fourth-order valence-corrected chi connectivity index (χ4v) is 3.84. The van der Waals surface area contributed by atoms with Crippen LogP contribution < -0.4 is 11.1 Å². The zero-order valence-corrected chi connectivity index (χ0v) is 15.9. The second-order valence-electron chi connectivity index (χ2n) is 6.91. The molecule has 5 atom stereocenters. The normalized spacial score (nSPS) is 26.7. The molecule has 1 aliphatic rings. The van der Waals surface area contributed by atoms with Crippen LogP contribution >= 0.6 is 15.9 Å². The molecule has 138 valence electrons. The van der Waals surface area contributed by atoms with Crippen LogP contribution in [0.25, 0.3) is 10.8 Å². The number of nitrogens with one attached hydrogen (secondary N) is 1. The first-order valence-corrected chi connectivity index (χ1v) is 9.64. The van der Waals surface area contributed by atoms with Crippen molar-refractivity contribution in [2.75, 3.05) is 0 Å². The van der Waals surface area contributed by atoms with Gasteiger partial charge in [-0.2, -0.15) is 0 Å². The lowest BCUT2D eigenvalue weighted by atomic mass is 9.98. The second kappa shape index (κ2) is 7.63. The highest BCUT2D eigenvalue weighted by Gasteiger charge is 2.30. The van der Waals surface area contributed by atoms with Crippen LogP contribution in [-0.2, 0) is 0 Å². The van der Waals surface area contributed by atoms with Crippen LogP contribution in [0.5, 0.6) is 5.88 Å². The number of benzene rings is 1. The zero-order valence-electron chi connectivity index (χ0n) is 14.3. The standard InChI is InChI=1S/C18H26BrN3O3/c1-10(19)5-6-14(20)11-3-2-4-12-13(11)9-22(18(12)25)15-7-8-16(23)21-17(15)24/h2-4,9-10,14-17,21,23-25H,5-8,20H2,1H3. The third-order valence-electron chi connectivity index (χ3n) is 4.99. The van der Waals surface area contributed by atoms with Crippen LogP contribution in [0.1, 0.15) is 50.3 Å². The predicted octanol–water partition coefficient (Wildman–Crippen LogP) is 2.47. The molecule has 0 saturated carbocycles. The largest absolute Gasteiger partial charge is 0.494 e. The molecule has 2 aromatic rings. The molecule has 5 unspecified atom stereocenters. The summed E-state index contributed by atoms with van der Waals surface area (Å²) in [6.07, 6.45) is 3.14. The molecule has 1 aromatic heterocycles. The van der Waals surface area contributed by atoms with Gasteiger partial charge in [-0.1, -0.05) is 35.0 Å². The van der Waals surface area contributed by atoms with E-state index in [1.807, 2.05) is 24.4 Å². The van der Waals surface area contributed by atoms with E-state index in [1.165, 1.54) is 0 Å². The number of aromatic hydroxyl groups is 1. The Morgan fingerprint density at radius 3 is 2.72 bits per heavy atom. The first-order valence-electron chi connectivity index (χ1n) is 8.72. The number of fused-ring (bicyclic) bond motifs is 1. The van der Waals surface area contributed by atoms with E-state index in [9.17, 15) is 15.3 Å². The molecular formula is C18H26BrN3O3. The molecule has 0 spiro atoms. The maximum absolute atomic E-state index is 10.7. The summed E-state index contributed by atoms with van der Waals surface area (Å²) in [5.74, 6) is 0.125. The average Bonchev–Trinajstić information content (AvgIpc) is 2.89. The van der Waals surface area contributed by atoms with Gasteiger partial charge in [0, 0.05) is 27.8 Å². The molecule has 1 fully saturated rings. The number of hydrogen-bond donors (Lipinski definition) is 5. The summed E-state index contributed by atoms with van der Waals surface area (Å²) in [4.78, 5) is 0.408. The van der Waals surface area contributed by atoms with Gasteiger partial charge in [0.1, 0.15) is 12.5 Å². The van der Waals surface area contributed by atoms with Crippen molar-refractivity contribution in [2.45, 2.75) is 62.0 Å². The van der Waals surface area contributed by atoms with Crippen molar-refractivity contribution in [1.29, 1.82) is 0 Å². The van der Waals surface area contributed by atoms with Gasteiger partial charge in [-0.05, 0) is 37.3 Å². The van der Waals surface area contributed by atoms with Gasteiger partial charge in [-0.25, -0.2) is 0 Å². The van der Waals surface area contributed by atoms with Crippen molar-refractivity contribution in [2.24, 2.45) is 5.73 Å². The van der Waals surface area contributed by atoms with E-state index < -0.39 is 12.5 Å². The van der Waals surface area contributed by atoms with Gasteiger partial charge in [0.2, 0.25) is 0 Å². The molecule has 7 heteroatoms. The first-order chi connectivity index (χ1) is 11.9. The van der Waals surface area contributed by atoms with Gasteiger partial charge in [-0.15, -0.1) is 0 Å². The van der Waals surface area contributed by atoms with Crippen molar-refractivity contribution in [3.05, 3.63) is 30.0 Å². The van der Waals surface area contributed by atoms with E-state index in [-0.39, 0.29) is 18.0 Å². The summed E-state index contributed by atoms with van der Waals surface area (Å²) in [5, 5.41) is 34.9. The van der Waals surface area contributed by atoms with E-state index in [2.05, 4.69) is 28.2 Å². The van der Waals surface area contributed by atoms with Crippen LogP contribution in [-0.4, -0.2) is 37.2 Å². The van der Waals surface area contributed by atoms with Gasteiger partial charge >= 0.3 is 0 Å². The first kappa shape index (κ1) is 18.7. The number of hydrogen-bond acceptors (Lipinski definition) is 5. The van der Waals surface area contributed by atoms with Crippen LogP contribution in [0.3, 0.4) is 0 Å². The van der Waals surface area contributed by atoms with Crippen molar-refractivity contribution in [1.82, 2.24) is 9.88 Å². The molecule has 6 nitrogen and oxygen atoms in total. The van der Waals surface area contributed by atoms with E-state index in [1.54, 1.807) is 4.57 Å². The molecule has 1 aromatic carbocycles. The molecular weight excluding hydrogens is 386 g/mol. The Kier molecular flexibility index (Phi) is 5.70. The molecule has 0 bridgehead atoms. The predicted molar refractivity (Wildman–Crippen MR) is 102 cm³/mol. The van der Waals surface area contributed by atoms with Gasteiger partial charge in [0.15, 0.2) is 5.88 Å². The summed E-state index contributed by atoms with van der Waals surface area (Å²) in [6.45, 7) is 2.10. The minimum Gasteiger partial charge on any atom is -0.494 e. The van der Waals surface area contributed by atoms with Crippen molar-refractivity contribution in [3.8, 4) is 5.88 Å². The number of aliphatic hydroxyl groups excluding tert-OH is 2. The van der Waals surface area contributed by atoms with Crippen LogP contribution in [0.15, 0.2) is 24.4 Å². The highest BCUT2D eigenvalue weighted by Crippen LogP contribution is 2.37. The van der Waals surface area contributed by atoms with E-state index in [0.717, 1.165) is 29.2 Å². The summed E-state index contributed by atoms with van der Waals surface area (Å²) in [6, 6.07) is 5.31. The van der Waals surface area contributed by atoms with E-state index in [4.69, 9.17) is 5.73 Å². The highest BCUT2D eigenvalue weighted by molar-refractivity contribution is 9.09. The summed E-state index contributed by atoms with van der Waals surface area (Å²) < 4.78 is 1.69. The molecule has 3 rings (SSSR count). The molecule has 0 radical (unpaired) electrons. The van der Waals surface area contributed by atoms with Crippen LogP contribution in [0.2, 0.25) is 0 Å². The molecule has 6 N–H and O–H groups in total. The third-order valence-corrected chi connectivity index (χ3v) is 5.45. The van der Waals surface area contributed by atoms with Crippen LogP contribution in [0.4, 0.5) is 0 Å². The fraction of sp³-hybridized carbons (Fsp3) is 0.556. The number of aliphatic hydroxyl groups is 2. The number of halogens is 1. The molecule has 0 aliphatic carbocycles. The van der Waals surface area contributed by atoms with Crippen molar-refractivity contribution >= 4 is 26.7 Å². The average molecular weight is 412 g/mol. The van der Waals surface area contributed by atoms with Gasteiger partial charge in [0.25, 0.3) is 0 Å². The topological polar surface area (TPSA) is 104 Å². The van der Waals surface area contributed by atoms with Crippen LogP contribution in [0, 0.1) is 0 Å². The Morgan fingerprint density at radius 2 is 2.04 bits per heavy atom. The van der Waals surface area contributed by atoms with Crippen molar-refractivity contribution < 1.29 is 15.3 Å². The summed E-state index contributed by atoms with van der Waals surface area (Å²) in [7, 11) is 0. The number of aromatic nitrogens is 1. The second-order valence-corrected chi connectivity index (χ2v) is 8.47. The minimum absolute atomic E-state index is 0.116. The Morgan fingerprint density at radius 1 is 1.28 bits per heavy atom. The van der Waals surface area contributed by atoms with Crippen molar-refractivity contribution in [3.63, 3.8) is 0 Å². The summed E-state index contributed by atoms with van der Waals surface area (Å²) >= 11 is 3.55. The lowest BCUT2D eigenvalue weighted by molar-refractivity contribution is -0.0290. The minimum atomic E-state index is -0.914. The Balaban J connectivity index is 1.95. The molecule has 2 heterocycles. The zero-order chi connectivity index (χ0) is 18.1. The maximum Gasteiger partial charge on any atom is 0.199 e. The number of nitrogens with zero attached hydrogens (tertiary/aromatic N) is 1. The number of nitrogens with two attached hydrogens (primary N) is 1. The lowest BCUT2D eigenvalue weighted by Crippen LogP contribution is -2.47. The number of piperidine rings is 1. The Labute approximate surface area is 155 Å². The Bertz CT molecular complexity index is 734. The van der Waals surface area contributed by atoms with E-state index >= 15 is 0 Å². The molecule has 0 amide bonds. The third kappa shape index (κ3) is 3.85. The fourth-order valence-electron chi connectivity index (χ4n) is 3.57. The Hall–Kier alpha value is -1.12. The number of rotatable bonds is 5. The smallest absolute Gasteiger partial charge is 0.199 e. The summed E-state index contributed by atoms with van der Waals surface area (Å²) in [5.41, 5.74) is 7.38. The van der Waals surface area contributed by atoms with Gasteiger partial charge in [-0.3, -0.25) is 5.32 Å². The van der Waals surface area contributed by atoms with Gasteiger partial charge in [0.05, 0.1) is 6.04 Å². The highest BCUT2D eigenvalue weighted by atomic mass is 79.9. The van der Waals surface area contributed by atoms with Gasteiger partial charge < -0.3 is 25.6 Å². The monoisotopic (exact) mass is 411 g/mol. The molecule has 1 saturated heterocycles.